The molecule has 2 amide bonds. The molecule has 1 aromatic rings. The fourth-order valence-corrected chi connectivity index (χ4v) is 3.21. The molecule has 1 unspecified atom stereocenters. The number of ether oxygens (including phenoxy) is 3. The second kappa shape index (κ2) is 11.0. The zero-order chi connectivity index (χ0) is 21.3. The molecule has 7 nitrogen and oxygen atoms in total. The van der Waals surface area contributed by atoms with Crippen LogP contribution in [0.15, 0.2) is 30.3 Å². The summed E-state index contributed by atoms with van der Waals surface area (Å²) in [5.41, 5.74) is 0.343. The van der Waals surface area contributed by atoms with Gasteiger partial charge in [0.15, 0.2) is 0 Å². The summed E-state index contributed by atoms with van der Waals surface area (Å²) in [6.07, 6.45) is 1.89. The number of nitrogens with one attached hydrogen (secondary N) is 1. The predicted octanol–water partition coefficient (Wildman–Crippen LogP) is 3.97. The summed E-state index contributed by atoms with van der Waals surface area (Å²) >= 11 is 0. The van der Waals surface area contributed by atoms with Crippen molar-refractivity contribution >= 4 is 12.2 Å². The molecule has 2 rings (SSSR count). The van der Waals surface area contributed by atoms with Gasteiger partial charge in [-0.1, -0.05) is 30.3 Å². The van der Waals surface area contributed by atoms with Crippen molar-refractivity contribution in [2.75, 3.05) is 26.8 Å². The number of alkyl carbamates (subject to hydrolysis) is 1. The van der Waals surface area contributed by atoms with Gasteiger partial charge in [0.25, 0.3) is 0 Å². The monoisotopic (exact) mass is 406 g/mol. The molecule has 0 aliphatic carbocycles. The number of amides is 2. The van der Waals surface area contributed by atoms with Gasteiger partial charge in [0.2, 0.25) is 0 Å². The summed E-state index contributed by atoms with van der Waals surface area (Å²) in [5.74, 6) is 0.348. The first-order chi connectivity index (χ1) is 13.7. The van der Waals surface area contributed by atoms with Gasteiger partial charge in [-0.3, -0.25) is 0 Å². The minimum absolute atomic E-state index is 0.204. The Labute approximate surface area is 173 Å². The Balaban J connectivity index is 1.90. The molecule has 1 aliphatic rings. The number of carbonyl (C=O) groups is 2. The molecule has 0 aromatic heterocycles. The van der Waals surface area contributed by atoms with E-state index in [4.69, 9.17) is 14.2 Å². The van der Waals surface area contributed by atoms with Crippen molar-refractivity contribution in [3.05, 3.63) is 35.9 Å². The lowest BCUT2D eigenvalue weighted by Crippen LogP contribution is -2.48. The van der Waals surface area contributed by atoms with Crippen LogP contribution in [-0.4, -0.2) is 55.5 Å². The summed E-state index contributed by atoms with van der Waals surface area (Å²) in [5, 5.41) is 2.79. The fourth-order valence-electron chi connectivity index (χ4n) is 3.21. The minimum Gasteiger partial charge on any atom is -0.445 e. The number of hydrogen-bond donors (Lipinski definition) is 1. The minimum atomic E-state index is -0.577. The largest absolute Gasteiger partial charge is 0.445 e. The molecule has 7 heteroatoms. The van der Waals surface area contributed by atoms with E-state index < -0.39 is 17.8 Å². The summed E-state index contributed by atoms with van der Waals surface area (Å²) in [6, 6.07) is 9.30. The Morgan fingerprint density at radius 1 is 1.28 bits per heavy atom. The second-order valence-electron chi connectivity index (χ2n) is 8.51. The number of benzene rings is 1. The lowest BCUT2D eigenvalue weighted by molar-refractivity contribution is 0.0111. The number of rotatable bonds is 7. The SMILES string of the molecule is CN(C(=O)OC(C)(C)C)[C@@H](CNC(=O)OCc1ccccc1)CC1CCCOC1. The highest BCUT2D eigenvalue weighted by molar-refractivity contribution is 5.69. The van der Waals surface area contributed by atoms with E-state index in [-0.39, 0.29) is 12.6 Å². The van der Waals surface area contributed by atoms with E-state index in [1.807, 2.05) is 51.1 Å². The van der Waals surface area contributed by atoms with Gasteiger partial charge in [-0.15, -0.1) is 0 Å². The number of carbonyl (C=O) groups excluding carboxylic acids is 2. The molecule has 0 radical (unpaired) electrons. The summed E-state index contributed by atoms with van der Waals surface area (Å²) in [6.45, 7) is 7.46. The van der Waals surface area contributed by atoms with E-state index in [1.165, 1.54) is 0 Å². The normalized spacial score (nSPS) is 17.9. The van der Waals surface area contributed by atoms with Crippen molar-refractivity contribution in [2.24, 2.45) is 5.92 Å². The van der Waals surface area contributed by atoms with E-state index in [9.17, 15) is 9.59 Å². The quantitative estimate of drug-likeness (QED) is 0.741. The van der Waals surface area contributed by atoms with Crippen molar-refractivity contribution < 1.29 is 23.8 Å². The van der Waals surface area contributed by atoms with Crippen molar-refractivity contribution in [1.29, 1.82) is 0 Å². The van der Waals surface area contributed by atoms with Crippen LogP contribution in [0.3, 0.4) is 0 Å². The fraction of sp³-hybridized carbons (Fsp3) is 0.636. The van der Waals surface area contributed by atoms with Gasteiger partial charge in [-0.25, -0.2) is 9.59 Å². The van der Waals surface area contributed by atoms with E-state index in [0.717, 1.165) is 31.4 Å². The topological polar surface area (TPSA) is 77.1 Å². The zero-order valence-electron chi connectivity index (χ0n) is 18.0. The molecule has 1 fully saturated rings. The van der Waals surface area contributed by atoms with Gasteiger partial charge in [-0.05, 0) is 51.5 Å². The molecule has 0 bridgehead atoms. The van der Waals surface area contributed by atoms with Crippen LogP contribution in [0.25, 0.3) is 0 Å². The molecule has 0 spiro atoms. The first-order valence-corrected chi connectivity index (χ1v) is 10.2. The van der Waals surface area contributed by atoms with E-state index in [1.54, 1.807) is 11.9 Å². The lowest BCUT2D eigenvalue weighted by atomic mass is 9.94. The molecule has 1 aliphatic heterocycles. The van der Waals surface area contributed by atoms with Crippen LogP contribution >= 0.6 is 0 Å². The van der Waals surface area contributed by atoms with Crippen molar-refractivity contribution in [1.82, 2.24) is 10.2 Å². The molecule has 1 aromatic carbocycles. The maximum absolute atomic E-state index is 12.5. The maximum Gasteiger partial charge on any atom is 0.410 e. The molecule has 2 atom stereocenters. The van der Waals surface area contributed by atoms with E-state index in [0.29, 0.717) is 19.1 Å². The van der Waals surface area contributed by atoms with Crippen molar-refractivity contribution in [3.63, 3.8) is 0 Å². The zero-order valence-corrected chi connectivity index (χ0v) is 18.0. The standard InChI is InChI=1S/C22H34N2O5/c1-22(2,3)29-21(26)24(4)19(13-18-11-8-12-27-15-18)14-23-20(25)28-16-17-9-6-5-7-10-17/h5-7,9-10,18-19H,8,11-16H2,1-4H3,(H,23,25)/t18?,19-/m1/s1. The summed E-state index contributed by atoms with van der Waals surface area (Å²) in [7, 11) is 1.71. The van der Waals surface area contributed by atoms with Gasteiger partial charge in [0.1, 0.15) is 12.2 Å². The third-order valence-corrected chi connectivity index (χ3v) is 4.78. The molecule has 1 heterocycles. The van der Waals surface area contributed by atoms with Crippen LogP contribution in [0.5, 0.6) is 0 Å². The Morgan fingerprint density at radius 3 is 2.62 bits per heavy atom. The van der Waals surface area contributed by atoms with E-state index >= 15 is 0 Å². The Kier molecular flexibility index (Phi) is 8.76. The van der Waals surface area contributed by atoms with Crippen LogP contribution in [0.4, 0.5) is 9.59 Å². The molecular weight excluding hydrogens is 372 g/mol. The van der Waals surface area contributed by atoms with Crippen molar-refractivity contribution in [3.8, 4) is 0 Å². The third-order valence-electron chi connectivity index (χ3n) is 4.78. The predicted molar refractivity (Wildman–Crippen MR) is 111 cm³/mol. The maximum atomic E-state index is 12.5. The van der Waals surface area contributed by atoms with Crippen LogP contribution in [-0.2, 0) is 20.8 Å². The van der Waals surface area contributed by atoms with Gasteiger partial charge in [0, 0.05) is 26.8 Å². The average molecular weight is 407 g/mol. The Morgan fingerprint density at radius 2 is 2.00 bits per heavy atom. The van der Waals surface area contributed by atoms with Crippen LogP contribution in [0.2, 0.25) is 0 Å². The average Bonchev–Trinajstić information content (AvgIpc) is 2.69. The highest BCUT2D eigenvalue weighted by atomic mass is 16.6. The first kappa shape index (κ1) is 23.0. The number of likely N-dealkylation sites (N-methyl/N-ethyl adjacent to an activating group) is 1. The van der Waals surface area contributed by atoms with Gasteiger partial charge in [-0.2, -0.15) is 0 Å². The van der Waals surface area contributed by atoms with Gasteiger partial charge in [0.05, 0.1) is 6.04 Å². The molecule has 0 saturated carbocycles. The third kappa shape index (κ3) is 8.73. The van der Waals surface area contributed by atoms with Crippen LogP contribution in [0.1, 0.15) is 45.6 Å². The molecular formula is C22H34N2O5. The second-order valence-corrected chi connectivity index (χ2v) is 8.51. The molecule has 1 saturated heterocycles. The molecule has 29 heavy (non-hydrogen) atoms. The summed E-state index contributed by atoms with van der Waals surface area (Å²) in [4.78, 5) is 26.2. The Bertz CT molecular complexity index is 638. The van der Waals surface area contributed by atoms with Gasteiger partial charge < -0.3 is 24.4 Å². The van der Waals surface area contributed by atoms with Gasteiger partial charge >= 0.3 is 12.2 Å². The van der Waals surface area contributed by atoms with Crippen LogP contribution < -0.4 is 5.32 Å². The highest BCUT2D eigenvalue weighted by Gasteiger charge is 2.28. The van der Waals surface area contributed by atoms with Crippen molar-refractivity contribution in [2.45, 2.75) is 58.3 Å². The van der Waals surface area contributed by atoms with E-state index in [2.05, 4.69) is 5.32 Å². The highest BCUT2D eigenvalue weighted by Crippen LogP contribution is 2.22. The smallest absolute Gasteiger partial charge is 0.410 e. The molecule has 162 valence electrons. The van der Waals surface area contributed by atoms with Crippen LogP contribution in [0, 0.1) is 5.92 Å². The molecule has 1 N–H and O–H groups in total. The lowest BCUT2D eigenvalue weighted by Gasteiger charge is -2.34. The first-order valence-electron chi connectivity index (χ1n) is 10.2. The number of hydrogen-bond acceptors (Lipinski definition) is 5. The Hall–Kier alpha value is -2.28. The number of nitrogens with zero attached hydrogens (tertiary/aromatic N) is 1. The summed E-state index contributed by atoms with van der Waals surface area (Å²) < 4.78 is 16.3.